The Labute approximate surface area is 263 Å². The van der Waals surface area contributed by atoms with Gasteiger partial charge < -0.3 is 35.0 Å². The molecule has 12 heteroatoms. The Hall–Kier alpha value is -3.93. The molecule has 45 heavy (non-hydrogen) atoms. The van der Waals surface area contributed by atoms with E-state index in [0.29, 0.717) is 18.6 Å². The number of alkyl carbamates (subject to hydrolysis) is 1. The number of carbonyl (C=O) groups excluding carboxylic acids is 3. The normalized spacial score (nSPS) is 30.2. The van der Waals surface area contributed by atoms with E-state index in [0.717, 1.165) is 50.5 Å². The zero-order valence-corrected chi connectivity index (χ0v) is 25.8. The molecule has 4 aliphatic rings. The standard InChI is InChI=1S/C33H44N4O8/c1-43-21-27(22-12-6-5-7-13-22)36-45-25-18-28-29(38)35-33(31(40)41)19-23(33)14-8-3-2-4-9-17-26(30(39)37(28)20-25)34-32(42)44-24-15-10-11-16-24/h5-8,12-14,23-26,28H,2-4,9-11,15-21H2,1H3,(H,34,42)(H,35,38)(H,40,41)/b14-8-,36-27+/t23-,25-,26+,28+,33?/m1/s1. The van der Waals surface area contributed by atoms with Gasteiger partial charge in [-0.15, -0.1) is 0 Å². The van der Waals surface area contributed by atoms with Gasteiger partial charge in [0.25, 0.3) is 0 Å². The minimum Gasteiger partial charge on any atom is -0.479 e. The zero-order chi connectivity index (χ0) is 31.8. The summed E-state index contributed by atoms with van der Waals surface area (Å²) in [7, 11) is 1.55. The van der Waals surface area contributed by atoms with Gasteiger partial charge >= 0.3 is 12.1 Å². The highest BCUT2D eigenvalue weighted by molar-refractivity contribution is 6.01. The third-order valence-corrected chi connectivity index (χ3v) is 9.19. The summed E-state index contributed by atoms with van der Waals surface area (Å²) in [5, 5.41) is 20.0. The molecule has 12 nitrogen and oxygen atoms in total. The van der Waals surface area contributed by atoms with E-state index in [9.17, 15) is 24.3 Å². The summed E-state index contributed by atoms with van der Waals surface area (Å²) in [5.74, 6) is -2.43. The maximum absolute atomic E-state index is 14.1. The summed E-state index contributed by atoms with van der Waals surface area (Å²) in [6.45, 7) is 0.225. The van der Waals surface area contributed by atoms with E-state index < -0.39 is 47.6 Å². The molecule has 1 saturated heterocycles. The predicted octanol–water partition coefficient (Wildman–Crippen LogP) is 3.54. The average Bonchev–Trinajstić information content (AvgIpc) is 3.33. The number of hydrogen-bond donors (Lipinski definition) is 3. The predicted molar refractivity (Wildman–Crippen MR) is 164 cm³/mol. The van der Waals surface area contributed by atoms with Gasteiger partial charge in [-0.3, -0.25) is 9.59 Å². The van der Waals surface area contributed by atoms with E-state index in [2.05, 4.69) is 15.8 Å². The number of hydrogen-bond acceptors (Lipinski definition) is 8. The number of aliphatic carboxylic acids is 1. The molecule has 2 saturated carbocycles. The first-order chi connectivity index (χ1) is 21.8. The number of ether oxygens (including phenoxy) is 2. The van der Waals surface area contributed by atoms with Crippen molar-refractivity contribution in [2.45, 2.75) is 100 Å². The number of carbonyl (C=O) groups is 4. The quantitative estimate of drug-likeness (QED) is 0.225. The molecular formula is C33H44N4O8. The number of allylic oxidation sites excluding steroid dienone is 1. The monoisotopic (exact) mass is 624 g/mol. The van der Waals surface area contributed by atoms with Crippen LogP contribution in [-0.4, -0.2) is 89.7 Å². The highest BCUT2D eigenvalue weighted by Crippen LogP contribution is 2.45. The highest BCUT2D eigenvalue weighted by atomic mass is 16.6. The minimum atomic E-state index is -1.42. The minimum absolute atomic E-state index is 0.0364. The van der Waals surface area contributed by atoms with Crippen LogP contribution in [0.25, 0.3) is 0 Å². The van der Waals surface area contributed by atoms with Gasteiger partial charge in [-0.2, -0.15) is 0 Å². The number of benzene rings is 1. The number of carboxylic acid groups (broad SMARTS) is 1. The lowest BCUT2D eigenvalue weighted by Crippen LogP contribution is -2.56. The first kappa shape index (κ1) is 32.5. The van der Waals surface area contributed by atoms with Crippen LogP contribution in [0.1, 0.15) is 76.2 Å². The molecule has 2 heterocycles. The lowest BCUT2D eigenvalue weighted by molar-refractivity contribution is -0.145. The number of oxime groups is 1. The Bertz CT molecular complexity index is 1280. The van der Waals surface area contributed by atoms with Gasteiger partial charge in [-0.05, 0) is 51.4 Å². The highest BCUT2D eigenvalue weighted by Gasteiger charge is 2.61. The summed E-state index contributed by atoms with van der Waals surface area (Å²) in [6.07, 6.45) is 9.86. The van der Waals surface area contributed by atoms with E-state index in [1.165, 1.54) is 4.90 Å². The van der Waals surface area contributed by atoms with Crippen molar-refractivity contribution in [3.05, 3.63) is 48.0 Å². The number of nitrogens with one attached hydrogen (secondary N) is 2. The maximum atomic E-state index is 14.1. The average molecular weight is 625 g/mol. The molecule has 0 radical (unpaired) electrons. The fourth-order valence-electron chi connectivity index (χ4n) is 6.54. The second kappa shape index (κ2) is 14.9. The largest absolute Gasteiger partial charge is 0.479 e. The fourth-order valence-corrected chi connectivity index (χ4v) is 6.54. The van der Waals surface area contributed by atoms with E-state index in [4.69, 9.17) is 14.3 Å². The second-order valence-corrected chi connectivity index (χ2v) is 12.5. The van der Waals surface area contributed by atoms with Gasteiger partial charge in [-0.25, -0.2) is 9.59 Å². The SMILES string of the molecule is COC/C(=N\O[C@@H]1C[C@H]2C(=O)NC3(C(=O)O)C[C@H]3/C=C\CCCCC[C@H](NC(=O)OC3CCCC3)C(=O)N2C1)c1ccccc1. The fraction of sp³-hybridized carbons (Fsp3) is 0.606. The Morgan fingerprint density at radius 3 is 2.56 bits per heavy atom. The van der Waals surface area contributed by atoms with Crippen LogP contribution in [0, 0.1) is 5.92 Å². The molecule has 3 amide bonds. The number of carboxylic acids is 1. The number of rotatable bonds is 8. The van der Waals surface area contributed by atoms with Gasteiger partial charge in [0, 0.05) is 25.0 Å². The van der Waals surface area contributed by atoms with Crippen molar-refractivity contribution in [3.63, 3.8) is 0 Å². The molecule has 0 spiro atoms. The van der Waals surface area contributed by atoms with Gasteiger partial charge in [0.15, 0.2) is 0 Å². The van der Waals surface area contributed by atoms with Crippen molar-refractivity contribution < 1.29 is 38.6 Å². The Kier molecular flexibility index (Phi) is 10.7. The molecule has 2 aliphatic heterocycles. The van der Waals surface area contributed by atoms with Crippen LogP contribution >= 0.6 is 0 Å². The molecule has 1 unspecified atom stereocenters. The summed E-state index contributed by atoms with van der Waals surface area (Å²) in [4.78, 5) is 60.4. The second-order valence-electron chi connectivity index (χ2n) is 12.5. The first-order valence-corrected chi connectivity index (χ1v) is 16.1. The molecule has 2 aliphatic carbocycles. The van der Waals surface area contributed by atoms with Crippen LogP contribution in [0.15, 0.2) is 47.6 Å². The van der Waals surface area contributed by atoms with Gasteiger partial charge in [0.2, 0.25) is 11.8 Å². The van der Waals surface area contributed by atoms with Crippen molar-refractivity contribution in [2.24, 2.45) is 11.1 Å². The van der Waals surface area contributed by atoms with Gasteiger partial charge in [0.1, 0.15) is 35.5 Å². The summed E-state index contributed by atoms with van der Waals surface area (Å²) in [6, 6.07) is 7.47. The smallest absolute Gasteiger partial charge is 0.408 e. The zero-order valence-electron chi connectivity index (χ0n) is 25.8. The number of amides is 3. The molecule has 5 atom stereocenters. The van der Waals surface area contributed by atoms with Crippen molar-refractivity contribution in [2.75, 3.05) is 20.3 Å². The van der Waals surface area contributed by atoms with E-state index >= 15 is 0 Å². The maximum Gasteiger partial charge on any atom is 0.408 e. The molecule has 1 aromatic carbocycles. The molecule has 244 valence electrons. The van der Waals surface area contributed by atoms with E-state index in [1.807, 2.05) is 42.5 Å². The molecule has 1 aromatic rings. The molecule has 3 fully saturated rings. The Morgan fingerprint density at radius 1 is 1.07 bits per heavy atom. The third-order valence-electron chi connectivity index (χ3n) is 9.19. The van der Waals surface area contributed by atoms with Crippen LogP contribution in [0.4, 0.5) is 4.79 Å². The summed E-state index contributed by atoms with van der Waals surface area (Å²) >= 11 is 0. The Morgan fingerprint density at radius 2 is 1.82 bits per heavy atom. The summed E-state index contributed by atoms with van der Waals surface area (Å²) in [5.41, 5.74) is -0.0615. The van der Waals surface area contributed by atoms with E-state index in [1.54, 1.807) is 7.11 Å². The topological polar surface area (TPSA) is 156 Å². The molecule has 3 N–H and O–H groups in total. The Balaban J connectivity index is 1.38. The van der Waals surface area contributed by atoms with Crippen LogP contribution in [0.3, 0.4) is 0 Å². The van der Waals surface area contributed by atoms with Crippen molar-refractivity contribution >= 4 is 29.6 Å². The van der Waals surface area contributed by atoms with Crippen LogP contribution in [-0.2, 0) is 28.7 Å². The van der Waals surface area contributed by atoms with Crippen molar-refractivity contribution in [1.29, 1.82) is 0 Å². The molecule has 0 bridgehead atoms. The van der Waals surface area contributed by atoms with Crippen LogP contribution < -0.4 is 10.6 Å². The van der Waals surface area contributed by atoms with Gasteiger partial charge in [0.05, 0.1) is 13.2 Å². The summed E-state index contributed by atoms with van der Waals surface area (Å²) < 4.78 is 10.9. The van der Waals surface area contributed by atoms with E-state index in [-0.39, 0.29) is 38.0 Å². The first-order valence-electron chi connectivity index (χ1n) is 16.1. The molecular weight excluding hydrogens is 580 g/mol. The third kappa shape index (κ3) is 8.02. The number of nitrogens with zero attached hydrogens (tertiary/aromatic N) is 2. The molecule has 0 aromatic heterocycles. The van der Waals surface area contributed by atoms with Crippen LogP contribution in [0.5, 0.6) is 0 Å². The van der Waals surface area contributed by atoms with Crippen molar-refractivity contribution in [3.8, 4) is 0 Å². The number of methoxy groups -OCH3 is 1. The van der Waals surface area contributed by atoms with Crippen LogP contribution in [0.2, 0.25) is 0 Å². The lowest BCUT2D eigenvalue weighted by Gasteiger charge is -2.29. The lowest BCUT2D eigenvalue weighted by atomic mass is 10.0. The van der Waals surface area contributed by atoms with Gasteiger partial charge in [-0.1, -0.05) is 60.5 Å². The molecule has 5 rings (SSSR count). The number of fused-ring (bicyclic) bond motifs is 2. The van der Waals surface area contributed by atoms with Crippen molar-refractivity contribution in [1.82, 2.24) is 15.5 Å².